The highest BCUT2D eigenvalue weighted by Crippen LogP contribution is 2.07. The zero-order valence-electron chi connectivity index (χ0n) is 10.1. The van der Waals surface area contributed by atoms with E-state index >= 15 is 0 Å². The van der Waals surface area contributed by atoms with Crippen molar-refractivity contribution in [3.63, 3.8) is 0 Å². The van der Waals surface area contributed by atoms with Gasteiger partial charge in [-0.05, 0) is 34.0 Å². The zero-order valence-corrected chi connectivity index (χ0v) is 10.1. The normalized spacial score (nSPS) is 13.5. The van der Waals surface area contributed by atoms with Crippen LogP contribution in [0.4, 0.5) is 0 Å². The van der Waals surface area contributed by atoms with Crippen LogP contribution in [0, 0.1) is 6.92 Å². The van der Waals surface area contributed by atoms with Crippen LogP contribution in [0.25, 0.3) is 0 Å². The molecule has 1 unspecified atom stereocenters. The highest BCUT2D eigenvalue weighted by Gasteiger charge is 2.11. The fourth-order valence-corrected chi connectivity index (χ4v) is 1.76. The van der Waals surface area contributed by atoms with E-state index in [2.05, 4.69) is 12.0 Å². The molecule has 1 aromatic rings. The molecule has 0 aliphatic heterocycles. The van der Waals surface area contributed by atoms with Crippen LogP contribution in [-0.4, -0.2) is 46.5 Å². The third-order valence-corrected chi connectivity index (χ3v) is 2.31. The molecule has 0 aliphatic carbocycles. The van der Waals surface area contributed by atoms with Crippen molar-refractivity contribution in [1.82, 2.24) is 14.7 Å². The molecule has 1 atom stereocenters. The van der Waals surface area contributed by atoms with Crippen molar-refractivity contribution >= 4 is 0 Å². The lowest BCUT2D eigenvalue weighted by Gasteiger charge is -2.16. The summed E-state index contributed by atoms with van der Waals surface area (Å²) in [5, 5.41) is 14.2. The number of hydrogen-bond donors (Lipinski definition) is 1. The summed E-state index contributed by atoms with van der Waals surface area (Å²) in [4.78, 5) is 1.99. The molecule has 4 heteroatoms. The average Bonchev–Trinajstić information content (AvgIpc) is 2.44. The molecule has 1 aromatic heterocycles. The van der Waals surface area contributed by atoms with Crippen LogP contribution < -0.4 is 0 Å². The second kappa shape index (κ2) is 5.28. The molecule has 0 aromatic carbocycles. The lowest BCUT2D eigenvalue weighted by Crippen LogP contribution is -2.28. The van der Waals surface area contributed by atoms with E-state index in [0.717, 1.165) is 17.9 Å². The highest BCUT2D eigenvalue weighted by molar-refractivity contribution is 5.10. The van der Waals surface area contributed by atoms with Crippen molar-refractivity contribution in [2.45, 2.75) is 32.9 Å². The molecule has 1 rings (SSSR count). The average molecular weight is 211 g/mol. The number of likely N-dealkylation sites (N-methyl/N-ethyl adjacent to an activating group) is 1. The molecule has 0 spiro atoms. The first-order valence-electron chi connectivity index (χ1n) is 5.39. The van der Waals surface area contributed by atoms with E-state index in [1.165, 1.54) is 0 Å². The van der Waals surface area contributed by atoms with Gasteiger partial charge >= 0.3 is 0 Å². The van der Waals surface area contributed by atoms with Crippen LogP contribution in [0.15, 0.2) is 6.07 Å². The molecule has 15 heavy (non-hydrogen) atoms. The lowest BCUT2D eigenvalue weighted by molar-refractivity contribution is 0.135. The van der Waals surface area contributed by atoms with Crippen molar-refractivity contribution in [2.75, 3.05) is 20.6 Å². The number of aliphatic hydroxyl groups is 1. The number of rotatable bonds is 5. The Morgan fingerprint density at radius 1 is 1.53 bits per heavy atom. The first-order chi connectivity index (χ1) is 7.02. The SMILES string of the molecule is CCn1nc(C)cc1CC(O)CN(C)C. The topological polar surface area (TPSA) is 41.3 Å². The van der Waals surface area contributed by atoms with E-state index in [4.69, 9.17) is 0 Å². The number of aromatic nitrogens is 2. The van der Waals surface area contributed by atoms with Crippen molar-refractivity contribution in [3.05, 3.63) is 17.5 Å². The third kappa shape index (κ3) is 3.64. The Kier molecular flexibility index (Phi) is 4.29. The van der Waals surface area contributed by atoms with Gasteiger partial charge in [0.2, 0.25) is 0 Å². The van der Waals surface area contributed by atoms with Crippen molar-refractivity contribution in [1.29, 1.82) is 0 Å². The van der Waals surface area contributed by atoms with E-state index in [1.807, 2.05) is 36.7 Å². The Hall–Kier alpha value is -0.870. The first-order valence-corrected chi connectivity index (χ1v) is 5.39. The van der Waals surface area contributed by atoms with Gasteiger partial charge in [-0.15, -0.1) is 0 Å². The minimum Gasteiger partial charge on any atom is -0.391 e. The van der Waals surface area contributed by atoms with Crippen LogP contribution in [0.2, 0.25) is 0 Å². The Balaban J connectivity index is 2.62. The van der Waals surface area contributed by atoms with E-state index in [-0.39, 0.29) is 6.10 Å². The minimum absolute atomic E-state index is 0.318. The van der Waals surface area contributed by atoms with E-state index < -0.39 is 0 Å². The van der Waals surface area contributed by atoms with Gasteiger partial charge in [0, 0.05) is 25.2 Å². The summed E-state index contributed by atoms with van der Waals surface area (Å²) >= 11 is 0. The molecule has 0 amide bonds. The summed E-state index contributed by atoms with van der Waals surface area (Å²) in [6, 6.07) is 2.04. The summed E-state index contributed by atoms with van der Waals surface area (Å²) < 4.78 is 1.95. The molecular weight excluding hydrogens is 190 g/mol. The van der Waals surface area contributed by atoms with E-state index in [0.29, 0.717) is 13.0 Å². The number of hydrogen-bond acceptors (Lipinski definition) is 3. The molecule has 0 radical (unpaired) electrons. The smallest absolute Gasteiger partial charge is 0.0722 e. The van der Waals surface area contributed by atoms with Crippen LogP contribution in [0.3, 0.4) is 0 Å². The molecule has 0 saturated carbocycles. The van der Waals surface area contributed by atoms with Gasteiger partial charge in [-0.1, -0.05) is 0 Å². The van der Waals surface area contributed by atoms with Crippen LogP contribution in [0.5, 0.6) is 0 Å². The van der Waals surface area contributed by atoms with Gasteiger partial charge in [0.25, 0.3) is 0 Å². The molecule has 1 heterocycles. The van der Waals surface area contributed by atoms with E-state index in [9.17, 15) is 5.11 Å². The second-order valence-electron chi connectivity index (χ2n) is 4.21. The fraction of sp³-hybridized carbons (Fsp3) is 0.727. The number of aliphatic hydroxyl groups excluding tert-OH is 1. The maximum atomic E-state index is 9.82. The van der Waals surface area contributed by atoms with Gasteiger partial charge in [-0.3, -0.25) is 4.68 Å². The Labute approximate surface area is 91.5 Å². The third-order valence-electron chi connectivity index (χ3n) is 2.31. The Morgan fingerprint density at radius 3 is 2.73 bits per heavy atom. The summed E-state index contributed by atoms with van der Waals surface area (Å²) in [6.45, 7) is 5.59. The standard InChI is InChI=1S/C11H21N3O/c1-5-14-10(6-9(2)12-14)7-11(15)8-13(3)4/h6,11,15H,5,7-8H2,1-4H3. The molecule has 1 N–H and O–H groups in total. The van der Waals surface area contributed by atoms with Crippen LogP contribution in [0.1, 0.15) is 18.3 Å². The maximum Gasteiger partial charge on any atom is 0.0722 e. The molecule has 0 fully saturated rings. The molecular formula is C11H21N3O. The number of nitrogens with zero attached hydrogens (tertiary/aromatic N) is 3. The van der Waals surface area contributed by atoms with Gasteiger partial charge in [-0.2, -0.15) is 5.10 Å². The number of aryl methyl sites for hydroxylation is 2. The van der Waals surface area contributed by atoms with E-state index in [1.54, 1.807) is 0 Å². The Bertz CT molecular complexity index is 307. The summed E-state index contributed by atoms with van der Waals surface area (Å²) in [5.41, 5.74) is 2.13. The first kappa shape index (κ1) is 12.2. The minimum atomic E-state index is -0.318. The van der Waals surface area contributed by atoms with Gasteiger partial charge in [0.1, 0.15) is 0 Å². The monoisotopic (exact) mass is 211 g/mol. The summed E-state index contributed by atoms with van der Waals surface area (Å²) in [5.74, 6) is 0. The van der Waals surface area contributed by atoms with Gasteiger partial charge in [0.15, 0.2) is 0 Å². The van der Waals surface area contributed by atoms with Crippen molar-refractivity contribution in [2.24, 2.45) is 0 Å². The van der Waals surface area contributed by atoms with Gasteiger partial charge in [0.05, 0.1) is 11.8 Å². The fourth-order valence-electron chi connectivity index (χ4n) is 1.76. The summed E-state index contributed by atoms with van der Waals surface area (Å²) in [7, 11) is 3.93. The maximum absolute atomic E-state index is 9.82. The van der Waals surface area contributed by atoms with Crippen LogP contribution in [-0.2, 0) is 13.0 Å². The largest absolute Gasteiger partial charge is 0.391 e. The predicted octanol–water partition coefficient (Wildman–Crippen LogP) is 0.676. The molecule has 86 valence electrons. The summed E-state index contributed by atoms with van der Waals surface area (Å²) in [6.07, 6.45) is 0.355. The zero-order chi connectivity index (χ0) is 11.4. The second-order valence-corrected chi connectivity index (χ2v) is 4.21. The predicted molar refractivity (Wildman–Crippen MR) is 60.9 cm³/mol. The lowest BCUT2D eigenvalue weighted by atomic mass is 10.2. The quantitative estimate of drug-likeness (QED) is 0.778. The molecule has 0 aliphatic rings. The molecule has 0 bridgehead atoms. The van der Waals surface area contributed by atoms with Gasteiger partial charge in [-0.25, -0.2) is 0 Å². The van der Waals surface area contributed by atoms with Crippen molar-refractivity contribution in [3.8, 4) is 0 Å². The van der Waals surface area contributed by atoms with Crippen molar-refractivity contribution < 1.29 is 5.11 Å². The van der Waals surface area contributed by atoms with Gasteiger partial charge < -0.3 is 10.0 Å². The molecule has 0 saturated heterocycles. The Morgan fingerprint density at radius 2 is 2.20 bits per heavy atom. The molecule has 4 nitrogen and oxygen atoms in total. The highest BCUT2D eigenvalue weighted by atomic mass is 16.3. The van der Waals surface area contributed by atoms with Crippen LogP contribution >= 0.6 is 0 Å².